The summed E-state index contributed by atoms with van der Waals surface area (Å²) in [4.78, 5) is 13.9. The number of anilines is 1. The Balaban J connectivity index is 2.39. The molecular weight excluding hydrogens is 257 g/mol. The van der Waals surface area contributed by atoms with Crippen molar-refractivity contribution in [1.29, 1.82) is 0 Å². The topological polar surface area (TPSA) is 40.5 Å². The molecule has 2 rings (SSSR count). The highest BCUT2D eigenvalue weighted by Gasteiger charge is 2.19. The molecular formula is C16H16FNO2. The van der Waals surface area contributed by atoms with Gasteiger partial charge in [0.05, 0.1) is 5.56 Å². The number of nitrogens with zero attached hydrogens (tertiary/aromatic N) is 1. The highest BCUT2D eigenvalue weighted by Crippen LogP contribution is 2.21. The van der Waals surface area contributed by atoms with E-state index in [0.29, 0.717) is 6.54 Å². The van der Waals surface area contributed by atoms with E-state index in [4.69, 9.17) is 0 Å². The van der Waals surface area contributed by atoms with E-state index in [1.165, 1.54) is 17.0 Å². The van der Waals surface area contributed by atoms with Crippen LogP contribution in [0.4, 0.5) is 10.1 Å². The molecule has 104 valence electrons. The van der Waals surface area contributed by atoms with Crippen molar-refractivity contribution in [2.45, 2.75) is 13.8 Å². The second kappa shape index (κ2) is 5.74. The largest absolute Gasteiger partial charge is 0.508 e. The number of carbonyl (C=O) groups excluding carboxylic acids is 1. The number of hydrogen-bond acceptors (Lipinski definition) is 2. The van der Waals surface area contributed by atoms with Crippen molar-refractivity contribution in [3.8, 4) is 5.75 Å². The number of aryl methyl sites for hydroxylation is 1. The summed E-state index contributed by atoms with van der Waals surface area (Å²) >= 11 is 0. The van der Waals surface area contributed by atoms with Crippen LogP contribution in [0.3, 0.4) is 0 Å². The van der Waals surface area contributed by atoms with Gasteiger partial charge >= 0.3 is 0 Å². The molecule has 1 N–H and O–H groups in total. The van der Waals surface area contributed by atoms with Crippen LogP contribution in [0.5, 0.6) is 5.75 Å². The van der Waals surface area contributed by atoms with E-state index < -0.39 is 11.7 Å². The lowest BCUT2D eigenvalue weighted by Gasteiger charge is -2.21. The molecule has 0 aliphatic heterocycles. The van der Waals surface area contributed by atoms with Crippen molar-refractivity contribution in [1.82, 2.24) is 0 Å². The Kier molecular flexibility index (Phi) is 4.03. The predicted molar refractivity (Wildman–Crippen MR) is 76.6 cm³/mol. The fraction of sp³-hybridized carbons (Fsp3) is 0.188. The van der Waals surface area contributed by atoms with Crippen LogP contribution in [0.25, 0.3) is 0 Å². The van der Waals surface area contributed by atoms with Crippen molar-refractivity contribution in [3.05, 3.63) is 59.4 Å². The number of rotatable bonds is 3. The van der Waals surface area contributed by atoms with Crippen LogP contribution in [-0.4, -0.2) is 17.6 Å². The standard InChI is InChI=1S/C16H16FNO2/c1-3-18(12-6-4-5-11(2)9-12)16(20)14-8-7-13(19)10-15(14)17/h4-10,19H,3H2,1-2H3. The molecule has 1 amide bonds. The molecule has 0 heterocycles. The van der Waals surface area contributed by atoms with Crippen molar-refractivity contribution in [2.24, 2.45) is 0 Å². The third kappa shape index (κ3) is 2.79. The lowest BCUT2D eigenvalue weighted by atomic mass is 10.1. The molecule has 2 aromatic carbocycles. The van der Waals surface area contributed by atoms with Gasteiger partial charge in [0, 0.05) is 18.3 Å². The Labute approximate surface area is 117 Å². The van der Waals surface area contributed by atoms with Gasteiger partial charge in [0.1, 0.15) is 11.6 Å². The quantitative estimate of drug-likeness (QED) is 0.929. The third-order valence-corrected chi connectivity index (χ3v) is 3.06. The highest BCUT2D eigenvalue weighted by atomic mass is 19.1. The maximum Gasteiger partial charge on any atom is 0.261 e. The third-order valence-electron chi connectivity index (χ3n) is 3.06. The molecule has 0 saturated carbocycles. The molecule has 3 nitrogen and oxygen atoms in total. The average molecular weight is 273 g/mol. The SMILES string of the molecule is CCN(C(=O)c1ccc(O)cc1F)c1cccc(C)c1. The summed E-state index contributed by atoms with van der Waals surface area (Å²) in [5.41, 5.74) is 1.70. The molecule has 0 atom stereocenters. The summed E-state index contributed by atoms with van der Waals surface area (Å²) in [6.45, 7) is 4.20. The molecule has 0 unspecified atom stereocenters. The summed E-state index contributed by atoms with van der Waals surface area (Å²) in [6, 6.07) is 11.0. The number of phenols is 1. The van der Waals surface area contributed by atoms with Gasteiger partial charge in [-0.25, -0.2) is 4.39 Å². The number of phenolic OH excluding ortho intramolecular Hbond substituents is 1. The van der Waals surface area contributed by atoms with E-state index in [-0.39, 0.29) is 11.3 Å². The molecule has 0 fully saturated rings. The molecule has 0 spiro atoms. The highest BCUT2D eigenvalue weighted by molar-refractivity contribution is 6.06. The van der Waals surface area contributed by atoms with Crippen LogP contribution in [0.15, 0.2) is 42.5 Å². The van der Waals surface area contributed by atoms with Crippen LogP contribution in [0.2, 0.25) is 0 Å². The van der Waals surface area contributed by atoms with Crippen LogP contribution in [0, 0.1) is 12.7 Å². The number of hydrogen-bond donors (Lipinski definition) is 1. The van der Waals surface area contributed by atoms with Gasteiger partial charge in [-0.05, 0) is 43.7 Å². The number of halogens is 1. The zero-order valence-electron chi connectivity index (χ0n) is 11.4. The zero-order chi connectivity index (χ0) is 14.7. The minimum atomic E-state index is -0.721. The molecule has 2 aromatic rings. The second-order valence-corrected chi connectivity index (χ2v) is 4.55. The van der Waals surface area contributed by atoms with E-state index in [0.717, 1.165) is 17.3 Å². The first-order chi connectivity index (χ1) is 9.52. The maximum absolute atomic E-state index is 13.8. The van der Waals surface area contributed by atoms with Gasteiger partial charge in [0.15, 0.2) is 0 Å². The lowest BCUT2D eigenvalue weighted by Crippen LogP contribution is -2.31. The Morgan fingerprint density at radius 1 is 1.25 bits per heavy atom. The lowest BCUT2D eigenvalue weighted by molar-refractivity contribution is 0.0984. The summed E-state index contributed by atoms with van der Waals surface area (Å²) in [5, 5.41) is 9.20. The number of carbonyl (C=O) groups is 1. The van der Waals surface area contributed by atoms with Gasteiger partial charge in [0.2, 0.25) is 0 Å². The number of amides is 1. The fourth-order valence-electron chi connectivity index (χ4n) is 2.06. The Hall–Kier alpha value is -2.36. The van der Waals surface area contributed by atoms with E-state index in [2.05, 4.69) is 0 Å². The van der Waals surface area contributed by atoms with Crippen molar-refractivity contribution in [3.63, 3.8) is 0 Å². The molecule has 20 heavy (non-hydrogen) atoms. The van der Waals surface area contributed by atoms with Gasteiger partial charge in [-0.1, -0.05) is 12.1 Å². The van der Waals surface area contributed by atoms with E-state index in [9.17, 15) is 14.3 Å². The Morgan fingerprint density at radius 2 is 2.00 bits per heavy atom. The smallest absolute Gasteiger partial charge is 0.261 e. The average Bonchev–Trinajstić information content (AvgIpc) is 2.39. The number of aromatic hydroxyl groups is 1. The first-order valence-electron chi connectivity index (χ1n) is 6.40. The van der Waals surface area contributed by atoms with Crippen LogP contribution >= 0.6 is 0 Å². The summed E-state index contributed by atoms with van der Waals surface area (Å²) < 4.78 is 13.8. The van der Waals surface area contributed by atoms with Crippen molar-refractivity contribution in [2.75, 3.05) is 11.4 Å². The molecule has 0 aliphatic rings. The minimum Gasteiger partial charge on any atom is -0.508 e. The van der Waals surface area contributed by atoms with E-state index in [1.807, 2.05) is 38.1 Å². The van der Waals surface area contributed by atoms with Crippen LogP contribution < -0.4 is 4.90 Å². The molecule has 0 saturated heterocycles. The first-order valence-corrected chi connectivity index (χ1v) is 6.40. The summed E-state index contributed by atoms with van der Waals surface area (Å²) in [6.07, 6.45) is 0. The minimum absolute atomic E-state index is 0.0499. The molecule has 0 aromatic heterocycles. The molecule has 0 bridgehead atoms. The molecule has 0 aliphatic carbocycles. The van der Waals surface area contributed by atoms with E-state index >= 15 is 0 Å². The van der Waals surface area contributed by atoms with Crippen molar-refractivity contribution < 1.29 is 14.3 Å². The van der Waals surface area contributed by atoms with Crippen molar-refractivity contribution >= 4 is 11.6 Å². The maximum atomic E-state index is 13.8. The van der Waals surface area contributed by atoms with Gasteiger partial charge in [-0.15, -0.1) is 0 Å². The van der Waals surface area contributed by atoms with Crippen LogP contribution in [-0.2, 0) is 0 Å². The van der Waals surface area contributed by atoms with Gasteiger partial charge in [0.25, 0.3) is 5.91 Å². The summed E-state index contributed by atoms with van der Waals surface area (Å²) in [5.74, 6) is -1.34. The first kappa shape index (κ1) is 14.1. The van der Waals surface area contributed by atoms with Gasteiger partial charge in [-0.2, -0.15) is 0 Å². The van der Waals surface area contributed by atoms with Gasteiger partial charge in [-0.3, -0.25) is 4.79 Å². The monoisotopic (exact) mass is 273 g/mol. The van der Waals surface area contributed by atoms with Crippen LogP contribution in [0.1, 0.15) is 22.8 Å². The summed E-state index contributed by atoms with van der Waals surface area (Å²) in [7, 11) is 0. The Morgan fingerprint density at radius 3 is 2.60 bits per heavy atom. The predicted octanol–water partition coefficient (Wildman–Crippen LogP) is 3.51. The molecule has 4 heteroatoms. The Bertz CT molecular complexity index is 640. The zero-order valence-corrected chi connectivity index (χ0v) is 11.4. The molecule has 0 radical (unpaired) electrons. The normalized spacial score (nSPS) is 10.3. The number of benzene rings is 2. The fourth-order valence-corrected chi connectivity index (χ4v) is 2.06. The van der Waals surface area contributed by atoms with E-state index in [1.54, 1.807) is 0 Å². The second-order valence-electron chi connectivity index (χ2n) is 4.55. The van der Waals surface area contributed by atoms with Gasteiger partial charge < -0.3 is 10.0 Å².